The second kappa shape index (κ2) is 13.3. The van der Waals surface area contributed by atoms with E-state index in [0.29, 0.717) is 32.0 Å². The van der Waals surface area contributed by atoms with E-state index in [4.69, 9.17) is 24.4 Å². The second-order valence-corrected chi connectivity index (χ2v) is 13.9. The first-order valence-corrected chi connectivity index (χ1v) is 15.4. The highest BCUT2D eigenvalue weighted by Crippen LogP contribution is 2.53. The normalized spacial score (nSPS) is 25.9. The van der Waals surface area contributed by atoms with E-state index in [0.717, 1.165) is 59.9 Å². The van der Waals surface area contributed by atoms with Crippen molar-refractivity contribution >= 4 is 46.2 Å². The van der Waals surface area contributed by atoms with Crippen molar-refractivity contribution in [1.82, 2.24) is 0 Å². The first kappa shape index (κ1) is 30.3. The number of hydrogen-bond donors (Lipinski definition) is 1. The first-order valence-electron chi connectivity index (χ1n) is 13.5. The summed E-state index contributed by atoms with van der Waals surface area (Å²) in [5, 5.41) is 8.67. The van der Waals surface area contributed by atoms with Crippen LogP contribution in [0.15, 0.2) is 59.5 Å². The van der Waals surface area contributed by atoms with Gasteiger partial charge in [0, 0.05) is 18.4 Å². The number of nitrogens with one attached hydrogen (secondary N) is 1. The van der Waals surface area contributed by atoms with Crippen LogP contribution in [0.2, 0.25) is 0 Å². The van der Waals surface area contributed by atoms with Crippen LogP contribution in [-0.2, 0) is 23.7 Å². The molecule has 0 aromatic heterocycles. The van der Waals surface area contributed by atoms with Gasteiger partial charge in [-0.1, -0.05) is 60.6 Å². The molecule has 6 nitrogen and oxygen atoms in total. The van der Waals surface area contributed by atoms with Crippen molar-refractivity contribution in [2.24, 2.45) is 5.92 Å². The highest BCUT2D eigenvalue weighted by atomic mass is 127. The lowest BCUT2D eigenvalue weighted by Gasteiger charge is -2.53. The standard InChI is InChI=1S/C30H37FINO5S/c1-3-37-26(34)20-36-17-16-28(35-2)18-22-8-7-15-29(19-22,21-28)38-27(33)30(31,32)39-25-13-11-24(12-14-25)23-9-5-4-6-10-23/h4-6,9-14,22,33H,3,7-8,15-21H2,1-2H3. The van der Waals surface area contributed by atoms with Gasteiger partial charge in [0.25, 0.3) is 3.01 Å². The maximum absolute atomic E-state index is 15.9. The maximum atomic E-state index is 15.9. The number of fused-ring (bicyclic) bond motifs is 2. The van der Waals surface area contributed by atoms with Gasteiger partial charge in [0.1, 0.15) is 12.2 Å². The Bertz CT molecular complexity index is 1120. The minimum Gasteiger partial charge on any atom is -0.471 e. The Morgan fingerprint density at radius 1 is 1.15 bits per heavy atom. The maximum Gasteiger partial charge on any atom is 0.332 e. The molecule has 4 unspecified atom stereocenters. The molecule has 2 aliphatic rings. The molecule has 0 radical (unpaired) electrons. The molecule has 39 heavy (non-hydrogen) atoms. The van der Waals surface area contributed by atoms with E-state index in [2.05, 4.69) is 0 Å². The zero-order valence-corrected chi connectivity index (χ0v) is 25.5. The van der Waals surface area contributed by atoms with E-state index in [1.807, 2.05) is 54.6 Å². The zero-order valence-electron chi connectivity index (χ0n) is 22.5. The number of rotatable bonds is 12. The molecule has 2 bridgehead atoms. The van der Waals surface area contributed by atoms with E-state index in [1.165, 1.54) is 0 Å². The Kier molecular flexibility index (Phi) is 10.3. The topological polar surface area (TPSA) is 77.8 Å². The van der Waals surface area contributed by atoms with Crippen molar-refractivity contribution < 1.29 is 28.1 Å². The number of alkyl halides is 2. The van der Waals surface area contributed by atoms with Crippen LogP contribution in [0.25, 0.3) is 11.1 Å². The summed E-state index contributed by atoms with van der Waals surface area (Å²) in [6.45, 7) is 2.34. The van der Waals surface area contributed by atoms with Crippen molar-refractivity contribution in [3.8, 4) is 11.1 Å². The number of ether oxygens (including phenoxy) is 4. The average molecular weight is 670 g/mol. The number of methoxy groups -OCH3 is 1. The molecule has 2 fully saturated rings. The smallest absolute Gasteiger partial charge is 0.332 e. The van der Waals surface area contributed by atoms with Gasteiger partial charge >= 0.3 is 5.97 Å². The van der Waals surface area contributed by atoms with E-state index in [1.54, 1.807) is 36.6 Å². The van der Waals surface area contributed by atoms with Crippen molar-refractivity contribution in [1.29, 1.82) is 5.41 Å². The molecule has 0 saturated heterocycles. The van der Waals surface area contributed by atoms with E-state index < -0.39 is 14.2 Å². The Labute approximate surface area is 248 Å². The van der Waals surface area contributed by atoms with Gasteiger partial charge in [-0.2, -0.15) is 0 Å². The molecule has 0 amide bonds. The molecular formula is C30H37FINO5S. The molecule has 0 spiro atoms. The van der Waals surface area contributed by atoms with Crippen LogP contribution >= 0.6 is 34.4 Å². The first-order chi connectivity index (χ1) is 18.7. The van der Waals surface area contributed by atoms with Crippen molar-refractivity contribution in [3.63, 3.8) is 0 Å². The molecule has 2 aromatic carbocycles. The van der Waals surface area contributed by atoms with E-state index in [-0.39, 0.29) is 18.5 Å². The van der Waals surface area contributed by atoms with Crippen LogP contribution in [0, 0.1) is 11.3 Å². The third kappa shape index (κ3) is 7.95. The number of carbonyl (C=O) groups is 1. The molecule has 2 saturated carbocycles. The SMILES string of the molecule is CCOC(=O)COCCC1(OC)CC2CCCC(OC(=N)C(F)(I)Sc3ccc(-c4ccccc4)cc3)(C2)C1. The summed E-state index contributed by atoms with van der Waals surface area (Å²) >= 11 is 2.66. The molecule has 9 heteroatoms. The van der Waals surface area contributed by atoms with Crippen molar-refractivity contribution in [2.75, 3.05) is 26.9 Å². The number of carbonyl (C=O) groups excluding carboxylic acids is 1. The quantitative estimate of drug-likeness (QED) is 0.0478. The zero-order chi connectivity index (χ0) is 27.9. The molecule has 0 aliphatic heterocycles. The predicted octanol–water partition coefficient (Wildman–Crippen LogP) is 7.58. The minimum absolute atomic E-state index is 0.0912. The van der Waals surface area contributed by atoms with Crippen LogP contribution in [-0.4, -0.2) is 53.0 Å². The van der Waals surface area contributed by atoms with Crippen molar-refractivity contribution in [3.05, 3.63) is 54.6 Å². The number of halogens is 2. The van der Waals surface area contributed by atoms with Crippen LogP contribution in [0.5, 0.6) is 0 Å². The molecular weight excluding hydrogens is 632 g/mol. The molecule has 1 N–H and O–H groups in total. The summed E-state index contributed by atoms with van der Waals surface area (Å²) in [6, 6.07) is 17.7. The van der Waals surface area contributed by atoms with Gasteiger partial charge in [-0.15, -0.1) is 0 Å². The highest BCUT2D eigenvalue weighted by Gasteiger charge is 2.53. The summed E-state index contributed by atoms with van der Waals surface area (Å²) in [6.07, 6.45) is 5.58. The van der Waals surface area contributed by atoms with E-state index in [9.17, 15) is 4.79 Å². The molecule has 0 heterocycles. The van der Waals surface area contributed by atoms with Crippen LogP contribution in [0.1, 0.15) is 51.9 Å². The molecule has 4 atom stereocenters. The Morgan fingerprint density at radius 2 is 1.87 bits per heavy atom. The van der Waals surface area contributed by atoms with Gasteiger partial charge in [-0.3, -0.25) is 5.41 Å². The van der Waals surface area contributed by atoms with Crippen molar-refractivity contribution in [2.45, 2.75) is 71.0 Å². The lowest BCUT2D eigenvalue weighted by Crippen LogP contribution is -2.55. The largest absolute Gasteiger partial charge is 0.471 e. The van der Waals surface area contributed by atoms with Gasteiger partial charge in [-0.25, -0.2) is 9.18 Å². The molecule has 2 aromatic rings. The fourth-order valence-corrected chi connectivity index (χ4v) is 7.55. The number of esters is 1. The fraction of sp³-hybridized carbons (Fsp3) is 0.533. The minimum atomic E-state index is -2.05. The Morgan fingerprint density at radius 3 is 2.56 bits per heavy atom. The number of benzene rings is 2. The predicted molar refractivity (Wildman–Crippen MR) is 160 cm³/mol. The summed E-state index contributed by atoms with van der Waals surface area (Å²) in [5.41, 5.74) is 0.987. The summed E-state index contributed by atoms with van der Waals surface area (Å²) < 4.78 is 36.7. The molecule has 212 valence electrons. The number of thioether (sulfide) groups is 1. The number of hydrogen-bond acceptors (Lipinski definition) is 7. The lowest BCUT2D eigenvalue weighted by molar-refractivity contribution is -0.161. The van der Waals surface area contributed by atoms with Gasteiger partial charge in [0.2, 0.25) is 5.90 Å². The summed E-state index contributed by atoms with van der Waals surface area (Å²) in [5.74, 6) is -0.385. The van der Waals surface area contributed by atoms with Gasteiger partial charge in [0.05, 0.1) is 18.8 Å². The third-order valence-electron chi connectivity index (χ3n) is 7.66. The third-order valence-corrected chi connectivity index (χ3v) is 9.76. The molecule has 4 rings (SSSR count). The van der Waals surface area contributed by atoms with Gasteiger partial charge < -0.3 is 18.9 Å². The average Bonchev–Trinajstić information content (AvgIpc) is 2.91. The second-order valence-electron chi connectivity index (χ2n) is 10.5. The van der Waals surface area contributed by atoms with Gasteiger partial charge in [0.15, 0.2) is 0 Å². The highest BCUT2D eigenvalue weighted by molar-refractivity contribution is 14.1. The Hall–Kier alpha value is -1.69. The lowest BCUT2D eigenvalue weighted by atomic mass is 9.62. The monoisotopic (exact) mass is 669 g/mol. The van der Waals surface area contributed by atoms with Crippen LogP contribution in [0.4, 0.5) is 4.39 Å². The van der Waals surface area contributed by atoms with Crippen LogP contribution in [0.3, 0.4) is 0 Å². The summed E-state index contributed by atoms with van der Waals surface area (Å²) in [7, 11) is 1.69. The van der Waals surface area contributed by atoms with Gasteiger partial charge in [-0.05, 0) is 90.8 Å². The molecule has 2 aliphatic carbocycles. The van der Waals surface area contributed by atoms with E-state index >= 15 is 4.39 Å². The fourth-order valence-electron chi connectivity index (χ4n) is 5.97. The summed E-state index contributed by atoms with van der Waals surface area (Å²) in [4.78, 5) is 12.4. The Balaban J connectivity index is 1.40. The van der Waals surface area contributed by atoms with Crippen LogP contribution < -0.4 is 0 Å².